The number of hydrogen-bond acceptors (Lipinski definition) is 9. The summed E-state index contributed by atoms with van der Waals surface area (Å²) in [6, 6.07) is 153. The van der Waals surface area contributed by atoms with Crippen LogP contribution in [0.1, 0.15) is 71.2 Å². The maximum atomic E-state index is 15.2. The molecule has 18 aromatic carbocycles. The van der Waals surface area contributed by atoms with Gasteiger partial charge in [0, 0.05) is 91.2 Å². The molecule has 2 atom stereocenters. The van der Waals surface area contributed by atoms with Gasteiger partial charge in [-0.25, -0.2) is 8.78 Å². The number of hydrogen-bond donors (Lipinski definition) is 0. The van der Waals surface area contributed by atoms with Crippen molar-refractivity contribution in [1.29, 1.82) is 0 Å². The first kappa shape index (κ1) is 81.8. The number of para-hydroxylation sites is 4. The van der Waals surface area contributed by atoms with Gasteiger partial charge in [-0.15, -0.1) is 0 Å². The monoisotopic (exact) mass is 1730 g/mol. The summed E-state index contributed by atoms with van der Waals surface area (Å²) in [5, 5.41) is 2.05. The van der Waals surface area contributed by atoms with Crippen LogP contribution >= 0.6 is 0 Å². The lowest BCUT2D eigenvalue weighted by Crippen LogP contribution is -2.46. The van der Waals surface area contributed by atoms with Crippen molar-refractivity contribution < 1.29 is 32.1 Å². The van der Waals surface area contributed by atoms with E-state index in [0.29, 0.717) is 39.6 Å². The fourth-order valence-electron chi connectivity index (χ4n) is 20.8. The number of furan rings is 1. The third kappa shape index (κ3) is 14.5. The lowest BCUT2D eigenvalue weighted by molar-refractivity contribution is -0.133. The lowest BCUT2D eigenvalue weighted by atomic mass is 9.67. The molecular formula is C122H94F2N4O5. The first-order valence-electron chi connectivity index (χ1n) is 45.9. The molecule has 2 unspecified atom stereocenters. The highest BCUT2D eigenvalue weighted by Gasteiger charge is 2.49. The summed E-state index contributed by atoms with van der Waals surface area (Å²) in [5.41, 5.74) is 29.4. The molecule has 2 fully saturated rings. The minimum atomic E-state index is -0.797. The van der Waals surface area contributed by atoms with E-state index in [1.54, 1.807) is 24.3 Å². The van der Waals surface area contributed by atoms with E-state index in [0.717, 1.165) is 204 Å². The van der Waals surface area contributed by atoms with Crippen molar-refractivity contribution in [1.82, 2.24) is 0 Å². The first-order valence-corrected chi connectivity index (χ1v) is 45.9. The second-order valence-electron chi connectivity index (χ2n) is 35.7. The van der Waals surface area contributed by atoms with Crippen LogP contribution in [0.15, 0.2) is 441 Å². The van der Waals surface area contributed by atoms with Crippen molar-refractivity contribution in [3.63, 3.8) is 0 Å². The summed E-state index contributed by atoms with van der Waals surface area (Å²) in [6.07, 6.45) is 1.98. The average Bonchev–Trinajstić information content (AvgIpc) is 1.54. The second kappa shape index (κ2) is 34.0. The topological polar surface area (TPSA) is 63.0 Å². The quantitative estimate of drug-likeness (QED) is 0.0528. The third-order valence-corrected chi connectivity index (χ3v) is 28.1. The molecule has 4 aliphatic rings. The number of halogens is 2. The third-order valence-electron chi connectivity index (χ3n) is 28.1. The summed E-state index contributed by atoms with van der Waals surface area (Å²) in [4.78, 5) is 9.24. The molecule has 2 aliphatic carbocycles. The molecule has 0 bridgehead atoms. The van der Waals surface area contributed by atoms with E-state index in [4.69, 9.17) is 23.4 Å². The van der Waals surface area contributed by atoms with Crippen LogP contribution in [0.25, 0.3) is 66.4 Å². The zero-order valence-electron chi connectivity index (χ0n) is 73.8. The van der Waals surface area contributed by atoms with E-state index in [1.807, 2.05) is 24.3 Å². The SMILES string of the molecule is CCC1(COc2ccc(C3(c4ccc(F)cc4)c4ccccc4-c4ccc(N(c5ccccc5)c5ccc(-c6ccc(N(c7ccccc7)c7ccc8c(c7)oc7cc(N(c9ccccc9)c9ccc(-c%10ccc(N(c%11ccccc%11)c%11ccc%12c(c%11)C(c%11ccc(F)cc%11)(c%11ccc(OCC%13(CC)COC%13)cc%11)c%11ccccc%11-%12)cc%10)cc9)ccc78)cc6)cc5)cc43)cc2)COC1. The van der Waals surface area contributed by atoms with Gasteiger partial charge in [0.15, 0.2) is 0 Å². The second-order valence-corrected chi connectivity index (χ2v) is 35.7. The number of rotatable bonds is 26. The van der Waals surface area contributed by atoms with Crippen LogP contribution in [0.2, 0.25) is 0 Å². The van der Waals surface area contributed by atoms with Gasteiger partial charge in [0.25, 0.3) is 0 Å². The van der Waals surface area contributed by atoms with Gasteiger partial charge in [0.2, 0.25) is 0 Å². The fraction of sp³-hybridized carbons (Fsp3) is 0.115. The molecule has 646 valence electrons. The maximum absolute atomic E-state index is 15.2. The molecule has 9 nitrogen and oxygen atoms in total. The van der Waals surface area contributed by atoms with Crippen LogP contribution in [0.5, 0.6) is 11.5 Å². The molecule has 3 heterocycles. The van der Waals surface area contributed by atoms with Crippen LogP contribution in [0, 0.1) is 22.5 Å². The molecule has 19 aromatic rings. The molecule has 2 aliphatic heterocycles. The van der Waals surface area contributed by atoms with Crippen LogP contribution in [-0.2, 0) is 20.3 Å². The molecule has 11 heteroatoms. The zero-order valence-corrected chi connectivity index (χ0v) is 73.8. The molecule has 0 N–H and O–H groups in total. The summed E-state index contributed by atoms with van der Waals surface area (Å²) in [7, 11) is 0. The smallest absolute Gasteiger partial charge is 0.137 e. The minimum absolute atomic E-state index is 0.0318. The van der Waals surface area contributed by atoms with Gasteiger partial charge >= 0.3 is 0 Å². The Balaban J connectivity index is 0.524. The van der Waals surface area contributed by atoms with E-state index in [-0.39, 0.29) is 22.5 Å². The Hall–Kier alpha value is -15.7. The van der Waals surface area contributed by atoms with E-state index in [1.165, 1.54) is 0 Å². The molecule has 2 saturated heterocycles. The molecule has 0 amide bonds. The van der Waals surface area contributed by atoms with Crippen molar-refractivity contribution >= 4 is 90.2 Å². The van der Waals surface area contributed by atoms with Gasteiger partial charge in [-0.05, 0) is 296 Å². The molecule has 23 rings (SSSR count). The van der Waals surface area contributed by atoms with Gasteiger partial charge in [-0.3, -0.25) is 0 Å². The van der Waals surface area contributed by atoms with Gasteiger partial charge in [-0.1, -0.05) is 244 Å². The van der Waals surface area contributed by atoms with Crippen molar-refractivity contribution in [2.75, 3.05) is 59.2 Å². The Morgan fingerprint density at radius 1 is 0.248 bits per heavy atom. The molecular weight excluding hydrogens is 1640 g/mol. The molecule has 1 aromatic heterocycles. The number of nitrogens with zero attached hydrogens (tertiary/aromatic N) is 4. The van der Waals surface area contributed by atoms with Gasteiger partial charge in [-0.2, -0.15) is 0 Å². The molecule has 0 radical (unpaired) electrons. The number of benzene rings is 18. The zero-order chi connectivity index (χ0) is 89.2. The van der Waals surface area contributed by atoms with E-state index >= 15 is 8.78 Å². The van der Waals surface area contributed by atoms with Crippen molar-refractivity contribution in [3.8, 4) is 56.0 Å². The normalized spacial score (nSPS) is 15.8. The van der Waals surface area contributed by atoms with Crippen LogP contribution < -0.4 is 29.1 Å². The Bertz CT molecular complexity index is 7010. The highest BCUT2D eigenvalue weighted by atomic mass is 19.1. The van der Waals surface area contributed by atoms with Crippen LogP contribution in [-0.4, -0.2) is 39.6 Å². The first-order chi connectivity index (χ1) is 65.5. The van der Waals surface area contributed by atoms with E-state index in [2.05, 4.69) is 422 Å². The van der Waals surface area contributed by atoms with Gasteiger partial charge < -0.3 is 43.0 Å². The summed E-state index contributed by atoms with van der Waals surface area (Å²) >= 11 is 0. The number of ether oxygens (including phenoxy) is 4. The van der Waals surface area contributed by atoms with Crippen molar-refractivity contribution in [2.45, 2.75) is 37.5 Å². The summed E-state index contributed by atoms with van der Waals surface area (Å²) in [5.74, 6) is 1.04. The van der Waals surface area contributed by atoms with Crippen LogP contribution in [0.3, 0.4) is 0 Å². The Kier molecular flexibility index (Phi) is 20.9. The van der Waals surface area contributed by atoms with Gasteiger partial charge in [0.05, 0.1) is 61.3 Å². The molecule has 0 saturated carbocycles. The Labute approximate surface area is 773 Å². The van der Waals surface area contributed by atoms with E-state index in [9.17, 15) is 0 Å². The summed E-state index contributed by atoms with van der Waals surface area (Å²) in [6.45, 7) is 8.41. The average molecular weight is 1730 g/mol. The number of fused-ring (bicyclic) bond motifs is 9. The minimum Gasteiger partial charge on any atom is -0.493 e. The van der Waals surface area contributed by atoms with Gasteiger partial charge in [0.1, 0.15) is 34.3 Å². The number of anilines is 12. The highest BCUT2D eigenvalue weighted by molar-refractivity contribution is 6.08. The largest absolute Gasteiger partial charge is 0.493 e. The molecule has 133 heavy (non-hydrogen) atoms. The van der Waals surface area contributed by atoms with Crippen molar-refractivity contribution in [3.05, 3.63) is 493 Å². The van der Waals surface area contributed by atoms with Crippen LogP contribution in [0.4, 0.5) is 77.0 Å². The predicted molar refractivity (Wildman–Crippen MR) is 536 cm³/mol. The standard InChI is InChI=1S/C122H94F2N4O5/c1-3-119(77-129-78-119)81-131-105-65-45-89(46-66-105)121(87-41-49-91(123)50-42-87)113-31-19-17-29-107(113)109-69-61-101(73-115(109)121)125(93-21-9-5-10-22-93)97-53-33-83(34-54-97)85-37-57-99(58-38-85)127(95-25-13-7-14-26-95)103-63-71-111-112-72-64-104(76-118(112)133-117(111)75-103)128(96-27-15-8-16-28-96)100-59-39-86(40-60-100)84-35-55-98(56-36-84)126(94-23-11-6-12-24-94)102-62-70-110-108-30-18-20-32-114(108)122(116(110)74-102,88-43-51-92(124)52-44-88)90-47-67-106(68-48-90)132-82-120(4-2)79-130-80-120/h5-76H,3-4,77-82H2,1-2H3. The maximum Gasteiger partial charge on any atom is 0.137 e. The predicted octanol–water partition coefficient (Wildman–Crippen LogP) is 31.4. The Morgan fingerprint density at radius 2 is 0.504 bits per heavy atom. The summed E-state index contributed by atoms with van der Waals surface area (Å²) < 4.78 is 61.6. The highest BCUT2D eigenvalue weighted by Crippen LogP contribution is 2.61. The fourth-order valence-corrected chi connectivity index (χ4v) is 20.8. The van der Waals surface area contributed by atoms with E-state index < -0.39 is 10.8 Å². The molecule has 0 spiro atoms. The van der Waals surface area contributed by atoms with Crippen molar-refractivity contribution in [2.24, 2.45) is 10.8 Å². The lowest BCUT2D eigenvalue weighted by Gasteiger charge is -2.40. The Morgan fingerprint density at radius 3 is 0.797 bits per heavy atom.